The van der Waals surface area contributed by atoms with Crippen LogP contribution in [-0.2, 0) is 9.47 Å². The van der Waals surface area contributed by atoms with Crippen LogP contribution in [0.2, 0.25) is 0 Å². The predicted octanol–water partition coefficient (Wildman–Crippen LogP) is 1.18. The summed E-state index contributed by atoms with van der Waals surface area (Å²) in [5.41, 5.74) is -1.52. The molecule has 29 heavy (non-hydrogen) atoms. The smallest absolute Gasteiger partial charge is 0.186 e. The Morgan fingerprint density at radius 1 is 1.00 bits per heavy atom. The van der Waals surface area contributed by atoms with Crippen molar-refractivity contribution in [3.63, 3.8) is 0 Å². The van der Waals surface area contributed by atoms with Crippen LogP contribution in [0.3, 0.4) is 0 Å². The zero-order chi connectivity index (χ0) is 21.7. The Morgan fingerprint density at radius 3 is 2.24 bits per heavy atom. The molecular formula is C22H40O7. The van der Waals surface area contributed by atoms with E-state index < -0.39 is 53.9 Å². The van der Waals surface area contributed by atoms with Crippen LogP contribution in [0.4, 0.5) is 0 Å². The van der Waals surface area contributed by atoms with Crippen molar-refractivity contribution in [3.05, 3.63) is 0 Å². The van der Waals surface area contributed by atoms with E-state index in [0.29, 0.717) is 19.3 Å². The first kappa shape index (κ1) is 23.4. The molecule has 0 radical (unpaired) electrons. The van der Waals surface area contributed by atoms with Gasteiger partial charge in [0.2, 0.25) is 0 Å². The lowest BCUT2D eigenvalue weighted by Gasteiger charge is -2.60. The third kappa shape index (κ3) is 4.00. The fourth-order valence-corrected chi connectivity index (χ4v) is 6.19. The average molecular weight is 417 g/mol. The fraction of sp³-hybridized carbons (Fsp3) is 1.00. The van der Waals surface area contributed by atoms with Gasteiger partial charge in [-0.2, -0.15) is 0 Å². The van der Waals surface area contributed by atoms with Crippen LogP contribution in [0, 0.1) is 23.2 Å². The second-order valence-electron chi connectivity index (χ2n) is 10.4. The molecule has 0 aromatic carbocycles. The van der Waals surface area contributed by atoms with Gasteiger partial charge in [0.1, 0.15) is 18.3 Å². The molecule has 0 aromatic heterocycles. The Bertz CT molecular complexity index is 565. The molecule has 3 rings (SSSR count). The summed E-state index contributed by atoms with van der Waals surface area (Å²) in [7, 11) is 0. The van der Waals surface area contributed by atoms with E-state index in [-0.39, 0.29) is 17.8 Å². The number of aliphatic hydroxyl groups is 5. The van der Waals surface area contributed by atoms with Gasteiger partial charge in [0.15, 0.2) is 6.29 Å². The van der Waals surface area contributed by atoms with Gasteiger partial charge in [0, 0.05) is 11.3 Å². The summed E-state index contributed by atoms with van der Waals surface area (Å²) in [5, 5.41) is 53.2. The molecule has 11 atom stereocenters. The van der Waals surface area contributed by atoms with Crippen LogP contribution in [0.25, 0.3) is 0 Å². The van der Waals surface area contributed by atoms with E-state index >= 15 is 0 Å². The Hall–Kier alpha value is -0.280. The normalized spacial score (nSPS) is 53.7. The van der Waals surface area contributed by atoms with Crippen molar-refractivity contribution in [1.82, 2.24) is 0 Å². The molecule has 1 saturated heterocycles. The second-order valence-corrected chi connectivity index (χ2v) is 10.4. The van der Waals surface area contributed by atoms with Gasteiger partial charge in [0.25, 0.3) is 0 Å². The summed E-state index contributed by atoms with van der Waals surface area (Å²) < 4.78 is 12.2. The van der Waals surface area contributed by atoms with E-state index in [0.717, 1.165) is 12.8 Å². The molecule has 170 valence electrons. The molecule has 0 aromatic rings. The molecular weight excluding hydrogens is 376 g/mol. The fourth-order valence-electron chi connectivity index (χ4n) is 6.19. The van der Waals surface area contributed by atoms with Crippen molar-refractivity contribution in [2.45, 2.75) is 115 Å². The first-order valence-electron chi connectivity index (χ1n) is 11.2. The summed E-state index contributed by atoms with van der Waals surface area (Å²) in [6, 6.07) is 0. The van der Waals surface area contributed by atoms with Crippen molar-refractivity contribution in [2.75, 3.05) is 0 Å². The molecule has 3 fully saturated rings. The molecule has 2 saturated carbocycles. The van der Waals surface area contributed by atoms with Gasteiger partial charge >= 0.3 is 0 Å². The van der Waals surface area contributed by atoms with E-state index in [1.165, 1.54) is 0 Å². The first-order chi connectivity index (χ1) is 13.4. The molecule has 1 heterocycles. The average Bonchev–Trinajstić information content (AvgIpc) is 2.65. The zero-order valence-corrected chi connectivity index (χ0v) is 18.4. The van der Waals surface area contributed by atoms with E-state index in [9.17, 15) is 25.5 Å². The summed E-state index contributed by atoms with van der Waals surface area (Å²) in [6.07, 6.45) is -3.48. The number of hydrogen-bond acceptors (Lipinski definition) is 7. The van der Waals surface area contributed by atoms with Gasteiger partial charge in [-0.25, -0.2) is 0 Å². The Balaban J connectivity index is 1.94. The van der Waals surface area contributed by atoms with E-state index in [1.807, 2.05) is 20.8 Å². The van der Waals surface area contributed by atoms with Gasteiger partial charge in [-0.15, -0.1) is 0 Å². The zero-order valence-electron chi connectivity index (χ0n) is 18.4. The summed E-state index contributed by atoms with van der Waals surface area (Å²) >= 11 is 0. The minimum Gasteiger partial charge on any atom is -0.393 e. The molecule has 7 heteroatoms. The van der Waals surface area contributed by atoms with Gasteiger partial charge in [-0.3, -0.25) is 0 Å². The van der Waals surface area contributed by atoms with Crippen molar-refractivity contribution in [3.8, 4) is 0 Å². The van der Waals surface area contributed by atoms with Crippen LogP contribution >= 0.6 is 0 Å². The summed E-state index contributed by atoms with van der Waals surface area (Å²) in [4.78, 5) is 0. The van der Waals surface area contributed by atoms with E-state index in [1.54, 1.807) is 0 Å². The van der Waals surface area contributed by atoms with Crippen LogP contribution < -0.4 is 0 Å². The highest BCUT2D eigenvalue weighted by Gasteiger charge is 2.61. The molecule has 5 N–H and O–H groups in total. The summed E-state index contributed by atoms with van der Waals surface area (Å²) in [5.74, 6) is 0.0575. The lowest BCUT2D eigenvalue weighted by atomic mass is 9.50. The SMILES string of the molecule is CC[C@H]1OC(O[C@@H]2[C@@H]3[C@](C)(CC[C@H]2C(C)C)[C@H](O)CC[C@]3(C)O)[C@H](O)[C@@H](O)[C@@H]1O. The maximum Gasteiger partial charge on any atom is 0.186 e. The van der Waals surface area contributed by atoms with E-state index in [2.05, 4.69) is 13.8 Å². The Labute approximate surface area is 174 Å². The monoisotopic (exact) mass is 416 g/mol. The van der Waals surface area contributed by atoms with Gasteiger partial charge in [-0.1, -0.05) is 27.7 Å². The van der Waals surface area contributed by atoms with Crippen LogP contribution in [-0.4, -0.2) is 74.0 Å². The molecule has 1 aliphatic heterocycles. The first-order valence-corrected chi connectivity index (χ1v) is 11.2. The van der Waals surface area contributed by atoms with Crippen molar-refractivity contribution < 1.29 is 35.0 Å². The molecule has 0 spiro atoms. The topological polar surface area (TPSA) is 120 Å². The minimum absolute atomic E-state index is 0.115. The highest BCUT2D eigenvalue weighted by molar-refractivity contribution is 5.09. The number of ether oxygens (including phenoxy) is 2. The number of aliphatic hydroxyl groups excluding tert-OH is 4. The maximum atomic E-state index is 11.3. The Kier molecular flexibility index (Phi) is 6.72. The molecule has 7 nitrogen and oxygen atoms in total. The van der Waals surface area contributed by atoms with Crippen LogP contribution in [0.15, 0.2) is 0 Å². The number of rotatable bonds is 4. The molecule has 1 unspecified atom stereocenters. The summed E-state index contributed by atoms with van der Waals surface area (Å²) in [6.45, 7) is 9.90. The van der Waals surface area contributed by atoms with Gasteiger partial charge < -0.3 is 35.0 Å². The molecule has 2 aliphatic carbocycles. The highest BCUT2D eigenvalue weighted by Crippen LogP contribution is 2.57. The lowest BCUT2D eigenvalue weighted by molar-refractivity contribution is -0.336. The maximum absolute atomic E-state index is 11.3. The quantitative estimate of drug-likeness (QED) is 0.467. The largest absolute Gasteiger partial charge is 0.393 e. The van der Waals surface area contributed by atoms with Crippen molar-refractivity contribution in [2.24, 2.45) is 23.2 Å². The van der Waals surface area contributed by atoms with Crippen molar-refractivity contribution >= 4 is 0 Å². The van der Waals surface area contributed by atoms with Gasteiger partial charge in [0.05, 0.1) is 23.9 Å². The lowest BCUT2D eigenvalue weighted by Crippen LogP contribution is -2.66. The highest BCUT2D eigenvalue weighted by atomic mass is 16.7. The number of hydrogen-bond donors (Lipinski definition) is 5. The number of fused-ring (bicyclic) bond motifs is 1. The van der Waals surface area contributed by atoms with Crippen LogP contribution in [0.1, 0.15) is 66.7 Å². The predicted molar refractivity (Wildman–Crippen MR) is 107 cm³/mol. The second kappa shape index (κ2) is 8.34. The van der Waals surface area contributed by atoms with E-state index in [4.69, 9.17) is 9.47 Å². The Morgan fingerprint density at radius 2 is 1.66 bits per heavy atom. The molecule has 3 aliphatic rings. The van der Waals surface area contributed by atoms with Gasteiger partial charge in [-0.05, 0) is 50.9 Å². The molecule has 0 bridgehead atoms. The third-order valence-electron chi connectivity index (χ3n) is 8.05. The third-order valence-corrected chi connectivity index (χ3v) is 8.05. The minimum atomic E-state index is -1.38. The van der Waals surface area contributed by atoms with Crippen LogP contribution in [0.5, 0.6) is 0 Å². The van der Waals surface area contributed by atoms with Crippen molar-refractivity contribution in [1.29, 1.82) is 0 Å². The standard InChI is InChI=1S/C22H40O7/c1-6-13-15(24)16(25)17(26)20(28-13)29-18-12(11(2)3)7-9-21(4)14(23)8-10-22(5,27)19(18)21/h11-20,23-27H,6-10H2,1-5H3/t12-,13+,14+,15+,16-,17+,18-,19+,20?,21+,22-/m0/s1. The molecule has 0 amide bonds.